The number of hydrogen-bond acceptors (Lipinski definition) is 7. The summed E-state index contributed by atoms with van der Waals surface area (Å²) in [4.78, 5) is 59.6. The van der Waals surface area contributed by atoms with Crippen LogP contribution >= 0.6 is 11.6 Å². The third-order valence-corrected chi connectivity index (χ3v) is 8.65. The molecule has 3 fully saturated rings. The fourth-order valence-corrected chi connectivity index (χ4v) is 5.74. The second-order valence-electron chi connectivity index (χ2n) is 14.8. The molecule has 1 aromatic rings. The zero-order chi connectivity index (χ0) is 33.1. The topological polar surface area (TPSA) is 162 Å². The smallest absolute Gasteiger partial charge is 0.315 e. The number of urea groups is 1. The molecular weight excluding hydrogens is 600 g/mol. The maximum Gasteiger partial charge on any atom is 0.315 e. The van der Waals surface area contributed by atoms with Gasteiger partial charge in [0.1, 0.15) is 18.2 Å². The maximum absolute atomic E-state index is 14.2. The minimum atomic E-state index is -1.42. The molecule has 2 saturated carbocycles. The number of aromatic nitrogens is 1. The van der Waals surface area contributed by atoms with Crippen LogP contribution in [0, 0.1) is 11.3 Å². The molecule has 250 valence electrons. The lowest BCUT2D eigenvalue weighted by molar-refractivity contribution is -0.143. The van der Waals surface area contributed by atoms with Gasteiger partial charge in [-0.2, -0.15) is 0 Å². The Morgan fingerprint density at radius 2 is 1.76 bits per heavy atom. The monoisotopic (exact) mass is 648 g/mol. The highest BCUT2D eigenvalue weighted by Gasteiger charge is 2.47. The van der Waals surface area contributed by atoms with Gasteiger partial charge >= 0.3 is 6.03 Å². The van der Waals surface area contributed by atoms with Gasteiger partial charge in [-0.15, -0.1) is 0 Å². The quantitative estimate of drug-likeness (QED) is 0.246. The minimum absolute atomic E-state index is 0.0619. The summed E-state index contributed by atoms with van der Waals surface area (Å²) < 4.78 is 6.08. The third kappa shape index (κ3) is 9.93. The Morgan fingerprint density at radius 1 is 1.07 bits per heavy atom. The first-order valence-corrected chi connectivity index (χ1v) is 16.3. The molecule has 1 aliphatic heterocycles. The van der Waals surface area contributed by atoms with Crippen LogP contribution in [-0.4, -0.2) is 87.2 Å². The average molecular weight is 649 g/mol. The number of aliphatic hydroxyl groups is 1. The van der Waals surface area contributed by atoms with Gasteiger partial charge in [0.15, 0.2) is 6.10 Å². The summed E-state index contributed by atoms with van der Waals surface area (Å²) in [7, 11) is 0. The van der Waals surface area contributed by atoms with E-state index in [-0.39, 0.29) is 19.0 Å². The van der Waals surface area contributed by atoms with E-state index in [1.807, 2.05) is 41.5 Å². The van der Waals surface area contributed by atoms with Crippen molar-refractivity contribution in [1.82, 2.24) is 31.2 Å². The number of likely N-dealkylation sites (tertiary alicyclic amines) is 1. The predicted molar refractivity (Wildman–Crippen MR) is 170 cm³/mol. The van der Waals surface area contributed by atoms with Crippen molar-refractivity contribution in [3.63, 3.8) is 0 Å². The first kappa shape index (κ1) is 34.7. The first-order chi connectivity index (χ1) is 21.0. The van der Waals surface area contributed by atoms with Gasteiger partial charge in [0.05, 0.1) is 17.6 Å². The molecular formula is C32H49ClN6O6. The largest absolute Gasteiger partial charge is 0.472 e. The lowest BCUT2D eigenvalue weighted by Gasteiger charge is -2.37. The Hall–Kier alpha value is -3.12. The normalized spacial score (nSPS) is 22.4. The van der Waals surface area contributed by atoms with Gasteiger partial charge < -0.3 is 36.0 Å². The van der Waals surface area contributed by atoms with Crippen molar-refractivity contribution in [3.05, 3.63) is 23.4 Å². The van der Waals surface area contributed by atoms with Crippen molar-refractivity contribution in [3.8, 4) is 5.88 Å². The standard InChI is InChI=1S/C32H49ClN6O6/c1-31(2,3)26(37-30(44)38-32(4,5)6)29(43)39-17-21(45-24-13-10-19(33)16-34-24)15-23(39)27(41)36-22(14-18-8-7-9-18)25(40)28(42)35-20-11-12-20/h10,13,16,18,20-23,25-26,40H,7-9,11-12,14-15,17H2,1-6H3,(H,35,42)(H,36,41)(H2,37,38,44)/t21-,22+,23+,25?,26?/m1/s1. The minimum Gasteiger partial charge on any atom is -0.472 e. The predicted octanol–water partition coefficient (Wildman–Crippen LogP) is 2.91. The van der Waals surface area contributed by atoms with Crippen molar-refractivity contribution >= 4 is 35.4 Å². The number of carbonyl (C=O) groups is 4. The molecule has 5 N–H and O–H groups in total. The molecule has 4 rings (SSSR count). The van der Waals surface area contributed by atoms with Crippen LogP contribution < -0.4 is 26.0 Å². The highest BCUT2D eigenvalue weighted by Crippen LogP contribution is 2.32. The number of nitrogens with zero attached hydrogens (tertiary/aromatic N) is 2. The van der Waals surface area contributed by atoms with E-state index in [4.69, 9.17) is 16.3 Å². The van der Waals surface area contributed by atoms with Gasteiger partial charge in [0.25, 0.3) is 5.91 Å². The summed E-state index contributed by atoms with van der Waals surface area (Å²) in [6.07, 6.45) is 4.80. The van der Waals surface area contributed by atoms with E-state index in [1.165, 1.54) is 11.1 Å². The van der Waals surface area contributed by atoms with Crippen molar-refractivity contribution in [2.45, 2.75) is 128 Å². The van der Waals surface area contributed by atoms with E-state index in [0.717, 1.165) is 32.1 Å². The second kappa shape index (κ2) is 14.1. The van der Waals surface area contributed by atoms with E-state index in [0.29, 0.717) is 23.2 Å². The van der Waals surface area contributed by atoms with Crippen LogP contribution in [0.4, 0.5) is 4.79 Å². The van der Waals surface area contributed by atoms with Gasteiger partial charge in [-0.25, -0.2) is 9.78 Å². The summed E-state index contributed by atoms with van der Waals surface area (Å²) in [6.45, 7) is 11.1. The summed E-state index contributed by atoms with van der Waals surface area (Å²) >= 11 is 5.98. The number of hydrogen-bond donors (Lipinski definition) is 5. The third-order valence-electron chi connectivity index (χ3n) is 8.43. The number of amides is 5. The average Bonchev–Trinajstić information content (AvgIpc) is 3.62. The van der Waals surface area contributed by atoms with Gasteiger partial charge in [-0.1, -0.05) is 51.6 Å². The highest BCUT2D eigenvalue weighted by molar-refractivity contribution is 6.30. The molecule has 0 aromatic carbocycles. The molecule has 5 atom stereocenters. The van der Waals surface area contributed by atoms with Crippen LogP contribution in [0.2, 0.25) is 5.02 Å². The summed E-state index contributed by atoms with van der Waals surface area (Å²) in [5, 5.41) is 22.9. The molecule has 12 nitrogen and oxygen atoms in total. The molecule has 0 spiro atoms. The molecule has 2 unspecified atom stereocenters. The van der Waals surface area contributed by atoms with E-state index in [1.54, 1.807) is 12.1 Å². The zero-order valence-electron chi connectivity index (χ0n) is 27.2. The molecule has 2 aliphatic carbocycles. The molecule has 13 heteroatoms. The van der Waals surface area contributed by atoms with Crippen LogP contribution in [-0.2, 0) is 14.4 Å². The molecule has 0 bridgehead atoms. The fourth-order valence-electron chi connectivity index (χ4n) is 5.63. The van der Waals surface area contributed by atoms with Crippen LogP contribution in [0.5, 0.6) is 5.88 Å². The van der Waals surface area contributed by atoms with E-state index < -0.39 is 65.0 Å². The molecule has 1 saturated heterocycles. The van der Waals surface area contributed by atoms with Gasteiger partial charge in [-0.05, 0) is 57.4 Å². The Kier molecular flexibility index (Phi) is 10.9. The van der Waals surface area contributed by atoms with Crippen molar-refractivity contribution in [2.24, 2.45) is 11.3 Å². The van der Waals surface area contributed by atoms with Crippen LogP contribution in [0.15, 0.2) is 18.3 Å². The number of carbonyl (C=O) groups excluding carboxylic acids is 4. The number of aliphatic hydroxyl groups excluding tert-OH is 1. The van der Waals surface area contributed by atoms with Gasteiger partial charge in [-0.3, -0.25) is 14.4 Å². The Labute approximate surface area is 270 Å². The summed E-state index contributed by atoms with van der Waals surface area (Å²) in [5.41, 5.74) is -1.23. The molecule has 0 radical (unpaired) electrons. The number of halogens is 1. The van der Waals surface area contributed by atoms with Crippen LogP contribution in [0.1, 0.15) is 86.5 Å². The van der Waals surface area contributed by atoms with Crippen molar-refractivity contribution in [2.75, 3.05) is 6.54 Å². The van der Waals surface area contributed by atoms with Crippen molar-refractivity contribution in [1.29, 1.82) is 0 Å². The van der Waals surface area contributed by atoms with Crippen LogP contribution in [0.25, 0.3) is 0 Å². The number of ether oxygens (including phenoxy) is 1. The molecule has 2 heterocycles. The second-order valence-corrected chi connectivity index (χ2v) is 15.3. The van der Waals surface area contributed by atoms with E-state index in [9.17, 15) is 24.3 Å². The summed E-state index contributed by atoms with van der Waals surface area (Å²) in [5.74, 6) is -0.846. The van der Waals surface area contributed by atoms with Gasteiger partial charge in [0.2, 0.25) is 17.7 Å². The van der Waals surface area contributed by atoms with Crippen molar-refractivity contribution < 1.29 is 29.0 Å². The van der Waals surface area contributed by atoms with E-state index in [2.05, 4.69) is 26.3 Å². The Balaban J connectivity index is 1.57. The fraction of sp³-hybridized carbons (Fsp3) is 0.719. The van der Waals surface area contributed by atoms with Crippen LogP contribution in [0.3, 0.4) is 0 Å². The number of rotatable bonds is 11. The highest BCUT2D eigenvalue weighted by atomic mass is 35.5. The Bertz CT molecular complexity index is 1220. The SMILES string of the molecule is CC(C)(C)NC(=O)NC(C(=O)N1C[C@H](Oc2ccc(Cl)cn2)C[C@H]1C(=O)N[C@@H](CC1CCC1)C(O)C(=O)NC1CC1)C(C)(C)C. The lowest BCUT2D eigenvalue weighted by atomic mass is 9.79. The van der Waals surface area contributed by atoms with E-state index >= 15 is 0 Å². The summed E-state index contributed by atoms with van der Waals surface area (Å²) in [6, 6.07) is 0.0509. The molecule has 3 aliphatic rings. The lowest BCUT2D eigenvalue weighted by Crippen LogP contribution is -2.61. The number of nitrogens with one attached hydrogen (secondary N) is 4. The first-order valence-electron chi connectivity index (χ1n) is 16.0. The zero-order valence-corrected chi connectivity index (χ0v) is 27.9. The number of pyridine rings is 1. The molecule has 1 aromatic heterocycles. The molecule has 45 heavy (non-hydrogen) atoms. The van der Waals surface area contributed by atoms with Gasteiger partial charge in [0, 0.05) is 30.3 Å². The Morgan fingerprint density at radius 3 is 2.29 bits per heavy atom. The molecule has 5 amide bonds. The maximum atomic E-state index is 14.2.